The third-order valence-electron chi connectivity index (χ3n) is 2.42. The van der Waals surface area contributed by atoms with E-state index in [9.17, 15) is 0 Å². The second kappa shape index (κ2) is 4.73. The number of hydrogen-bond acceptors (Lipinski definition) is 2. The smallest absolute Gasteiger partial charge is 0.0107 e. The van der Waals surface area contributed by atoms with Gasteiger partial charge in [-0.15, -0.1) is 0 Å². The molecule has 0 bridgehead atoms. The highest BCUT2D eigenvalue weighted by molar-refractivity contribution is 4.69. The fraction of sp³-hybridized carbons (Fsp3) is 1.00. The van der Waals surface area contributed by atoms with Gasteiger partial charge in [0.05, 0.1) is 0 Å². The summed E-state index contributed by atoms with van der Waals surface area (Å²) in [4.78, 5) is 2.56. The lowest BCUT2D eigenvalue weighted by Gasteiger charge is -2.30. The summed E-state index contributed by atoms with van der Waals surface area (Å²) in [5.74, 6) is 0.917. The molecular weight excluding hydrogens is 136 g/mol. The van der Waals surface area contributed by atoms with Crippen molar-refractivity contribution in [3.05, 3.63) is 0 Å². The van der Waals surface area contributed by atoms with Crippen LogP contribution in [0.2, 0.25) is 0 Å². The maximum Gasteiger partial charge on any atom is 0.0107 e. The monoisotopic (exact) mass is 156 g/mol. The number of nitrogens with zero attached hydrogens (tertiary/aromatic N) is 1. The van der Waals surface area contributed by atoms with E-state index in [4.69, 9.17) is 0 Å². The Bertz CT molecular complexity index is 104. The summed E-state index contributed by atoms with van der Waals surface area (Å²) in [5, 5.41) is 3.19. The van der Waals surface area contributed by atoms with E-state index in [1.165, 1.54) is 32.5 Å². The molecule has 0 aromatic heterocycles. The largest absolute Gasteiger partial charge is 0.318 e. The van der Waals surface area contributed by atoms with Crippen molar-refractivity contribution in [2.24, 2.45) is 5.92 Å². The molecule has 0 aliphatic carbocycles. The number of likely N-dealkylation sites (N-methyl/N-ethyl adjacent to an activating group) is 1. The molecule has 0 radical (unpaired) electrons. The molecule has 66 valence electrons. The molecule has 0 amide bonds. The molecule has 0 aromatic carbocycles. The van der Waals surface area contributed by atoms with Crippen molar-refractivity contribution in [1.82, 2.24) is 10.2 Å². The van der Waals surface area contributed by atoms with Gasteiger partial charge in [0.1, 0.15) is 0 Å². The molecule has 2 nitrogen and oxygen atoms in total. The Labute approximate surface area is 70.0 Å². The number of nitrogens with one attached hydrogen (secondary N) is 1. The first-order chi connectivity index (χ1) is 5.33. The first kappa shape index (κ1) is 9.01. The zero-order valence-electron chi connectivity index (χ0n) is 7.77. The van der Waals surface area contributed by atoms with Crippen LogP contribution in [0.3, 0.4) is 0 Å². The van der Waals surface area contributed by atoms with Gasteiger partial charge in [0.2, 0.25) is 0 Å². The second-order valence-corrected chi connectivity index (χ2v) is 3.65. The second-order valence-electron chi connectivity index (χ2n) is 3.65. The molecule has 1 saturated heterocycles. The van der Waals surface area contributed by atoms with Gasteiger partial charge in [-0.05, 0) is 32.4 Å². The predicted molar refractivity (Wildman–Crippen MR) is 48.8 cm³/mol. The molecule has 1 N–H and O–H groups in total. The summed E-state index contributed by atoms with van der Waals surface area (Å²) >= 11 is 0. The molecule has 1 atom stereocenters. The van der Waals surface area contributed by atoms with Crippen molar-refractivity contribution in [3.63, 3.8) is 0 Å². The summed E-state index contributed by atoms with van der Waals surface area (Å²) < 4.78 is 0. The van der Waals surface area contributed by atoms with Crippen LogP contribution in [0.4, 0.5) is 0 Å². The first-order valence-electron chi connectivity index (χ1n) is 4.70. The summed E-state index contributed by atoms with van der Waals surface area (Å²) in [6, 6.07) is 0. The van der Waals surface area contributed by atoms with Crippen LogP contribution in [0.15, 0.2) is 0 Å². The van der Waals surface area contributed by atoms with E-state index in [0.717, 1.165) is 12.5 Å². The van der Waals surface area contributed by atoms with Crippen molar-refractivity contribution in [3.8, 4) is 0 Å². The van der Waals surface area contributed by atoms with E-state index < -0.39 is 0 Å². The van der Waals surface area contributed by atoms with Crippen LogP contribution in [-0.2, 0) is 0 Å². The van der Waals surface area contributed by atoms with Crippen LogP contribution in [0.25, 0.3) is 0 Å². The molecular formula is C9H20N2. The van der Waals surface area contributed by atoms with Gasteiger partial charge in [-0.3, -0.25) is 0 Å². The maximum atomic E-state index is 3.19. The van der Waals surface area contributed by atoms with Crippen LogP contribution in [0.1, 0.15) is 19.8 Å². The normalized spacial score (nSPS) is 27.3. The van der Waals surface area contributed by atoms with E-state index >= 15 is 0 Å². The maximum absolute atomic E-state index is 3.19. The van der Waals surface area contributed by atoms with Crippen molar-refractivity contribution >= 4 is 0 Å². The lowest BCUT2D eigenvalue weighted by atomic mass is 10.0. The summed E-state index contributed by atoms with van der Waals surface area (Å²) in [5.41, 5.74) is 0. The van der Waals surface area contributed by atoms with Gasteiger partial charge >= 0.3 is 0 Å². The van der Waals surface area contributed by atoms with E-state index in [2.05, 4.69) is 17.1 Å². The highest BCUT2D eigenvalue weighted by Crippen LogP contribution is 2.14. The van der Waals surface area contributed by atoms with Crippen LogP contribution >= 0.6 is 0 Å². The van der Waals surface area contributed by atoms with Crippen LogP contribution in [-0.4, -0.2) is 38.1 Å². The SMILES string of the molecule is CNCCN1CCC[C@@H](C)C1. The van der Waals surface area contributed by atoms with Crippen molar-refractivity contribution in [2.45, 2.75) is 19.8 Å². The molecule has 1 fully saturated rings. The quantitative estimate of drug-likeness (QED) is 0.654. The molecule has 1 heterocycles. The molecule has 1 rings (SSSR count). The minimum Gasteiger partial charge on any atom is -0.318 e. The number of hydrogen-bond donors (Lipinski definition) is 1. The zero-order valence-corrected chi connectivity index (χ0v) is 7.77. The highest BCUT2D eigenvalue weighted by Gasteiger charge is 2.14. The van der Waals surface area contributed by atoms with Gasteiger partial charge in [-0.25, -0.2) is 0 Å². The van der Waals surface area contributed by atoms with E-state index in [-0.39, 0.29) is 0 Å². The fourth-order valence-electron chi connectivity index (χ4n) is 1.76. The van der Waals surface area contributed by atoms with Crippen LogP contribution < -0.4 is 5.32 Å². The third-order valence-corrected chi connectivity index (χ3v) is 2.42. The Kier molecular flexibility index (Phi) is 3.87. The Hall–Kier alpha value is -0.0800. The minimum atomic E-state index is 0.917. The van der Waals surface area contributed by atoms with E-state index in [0.29, 0.717) is 0 Å². The van der Waals surface area contributed by atoms with Gasteiger partial charge in [-0.1, -0.05) is 6.92 Å². The van der Waals surface area contributed by atoms with Crippen LogP contribution in [0.5, 0.6) is 0 Å². The van der Waals surface area contributed by atoms with Gasteiger partial charge in [0.15, 0.2) is 0 Å². The average molecular weight is 156 g/mol. The average Bonchev–Trinajstić information content (AvgIpc) is 2.01. The molecule has 1 aliphatic rings. The molecule has 0 saturated carbocycles. The van der Waals surface area contributed by atoms with Gasteiger partial charge < -0.3 is 10.2 Å². The topological polar surface area (TPSA) is 15.3 Å². The standard InChI is InChI=1S/C9H20N2/c1-9-4-3-6-11(8-9)7-5-10-2/h9-10H,3-8H2,1-2H3/t9-/m1/s1. The molecule has 0 unspecified atom stereocenters. The summed E-state index contributed by atoms with van der Waals surface area (Å²) in [6.45, 7) is 7.33. The minimum absolute atomic E-state index is 0.917. The Balaban J connectivity index is 2.12. The first-order valence-corrected chi connectivity index (χ1v) is 4.70. The van der Waals surface area contributed by atoms with E-state index in [1.54, 1.807) is 0 Å². The highest BCUT2D eigenvalue weighted by atomic mass is 15.1. The van der Waals surface area contributed by atoms with Crippen molar-refractivity contribution in [2.75, 3.05) is 33.2 Å². The van der Waals surface area contributed by atoms with Gasteiger partial charge in [-0.2, -0.15) is 0 Å². The van der Waals surface area contributed by atoms with Crippen LogP contribution in [0, 0.1) is 5.92 Å². The van der Waals surface area contributed by atoms with Gasteiger partial charge in [0.25, 0.3) is 0 Å². The number of likely N-dealkylation sites (tertiary alicyclic amines) is 1. The predicted octanol–water partition coefficient (Wildman–Crippen LogP) is 0.938. The van der Waals surface area contributed by atoms with Crippen molar-refractivity contribution in [1.29, 1.82) is 0 Å². The molecule has 2 heteroatoms. The molecule has 0 aromatic rings. The number of piperidine rings is 1. The summed E-state index contributed by atoms with van der Waals surface area (Å²) in [6.07, 6.45) is 2.82. The molecule has 1 aliphatic heterocycles. The zero-order chi connectivity index (χ0) is 8.10. The van der Waals surface area contributed by atoms with Gasteiger partial charge in [0, 0.05) is 19.6 Å². The lowest BCUT2D eigenvalue weighted by molar-refractivity contribution is 0.185. The third kappa shape index (κ3) is 3.21. The Morgan fingerprint density at radius 2 is 2.36 bits per heavy atom. The number of rotatable bonds is 3. The van der Waals surface area contributed by atoms with E-state index in [1.807, 2.05) is 7.05 Å². The fourth-order valence-corrected chi connectivity index (χ4v) is 1.76. The Morgan fingerprint density at radius 1 is 1.55 bits per heavy atom. The van der Waals surface area contributed by atoms with Crippen molar-refractivity contribution < 1.29 is 0 Å². The lowest BCUT2D eigenvalue weighted by Crippen LogP contribution is -2.38. The summed E-state index contributed by atoms with van der Waals surface area (Å²) in [7, 11) is 2.02. The Morgan fingerprint density at radius 3 is 3.00 bits per heavy atom. The molecule has 11 heavy (non-hydrogen) atoms. The molecule has 0 spiro atoms.